The number of carbonyl (C=O) groups is 2. The van der Waals surface area contributed by atoms with Gasteiger partial charge in [0.05, 0.1) is 0 Å². The molecule has 1 atom stereocenters. The summed E-state index contributed by atoms with van der Waals surface area (Å²) in [5, 5.41) is 11.7. The Morgan fingerprint density at radius 1 is 1.35 bits per heavy atom. The van der Waals surface area contributed by atoms with Crippen LogP contribution in [0.15, 0.2) is 18.3 Å². The maximum absolute atomic E-state index is 11.8. The second-order valence-electron chi connectivity index (χ2n) is 6.12. The number of aliphatic carboxylic acids is 1. The fourth-order valence-electron chi connectivity index (χ4n) is 2.23. The molecule has 5 heteroatoms. The normalized spacial score (nSPS) is 12.9. The molecule has 0 aliphatic heterocycles. The molecule has 0 fully saturated rings. The van der Waals surface area contributed by atoms with Crippen LogP contribution in [0.25, 0.3) is 0 Å². The Labute approximate surface area is 119 Å². The lowest BCUT2D eigenvalue weighted by molar-refractivity contribution is -0.137. The summed E-state index contributed by atoms with van der Waals surface area (Å²) in [6.07, 6.45) is 3.30. The van der Waals surface area contributed by atoms with Crippen molar-refractivity contribution in [3.05, 3.63) is 24.0 Å². The van der Waals surface area contributed by atoms with E-state index in [1.165, 1.54) is 0 Å². The number of carboxylic acids is 1. The molecule has 1 rings (SSSR count). The minimum absolute atomic E-state index is 0.0343. The standard InChI is InChI=1S/C15H24N2O3/c1-15(2,3)11(6-7-13(18)19)8-10-17-14(20)12-5-4-9-16-12/h4-5,9,11,16H,6-8,10H2,1-3H3,(H,17,20)(H,18,19). The van der Waals surface area contributed by atoms with E-state index in [0.29, 0.717) is 18.7 Å². The Balaban J connectivity index is 2.42. The average molecular weight is 280 g/mol. The molecule has 1 aromatic rings. The van der Waals surface area contributed by atoms with Gasteiger partial charge in [-0.05, 0) is 36.3 Å². The summed E-state index contributed by atoms with van der Waals surface area (Å²) in [5.41, 5.74) is 0.579. The van der Waals surface area contributed by atoms with Gasteiger partial charge in [-0.2, -0.15) is 0 Å². The summed E-state index contributed by atoms with van der Waals surface area (Å²) in [5.74, 6) is -0.627. The van der Waals surface area contributed by atoms with E-state index in [2.05, 4.69) is 31.1 Å². The van der Waals surface area contributed by atoms with Crippen LogP contribution in [-0.2, 0) is 4.79 Å². The number of nitrogens with one attached hydrogen (secondary N) is 2. The Hall–Kier alpha value is -1.78. The molecule has 20 heavy (non-hydrogen) atoms. The second kappa shape index (κ2) is 7.12. The van der Waals surface area contributed by atoms with Crippen molar-refractivity contribution < 1.29 is 14.7 Å². The van der Waals surface area contributed by atoms with Crippen LogP contribution in [0.4, 0.5) is 0 Å². The topological polar surface area (TPSA) is 82.2 Å². The first kappa shape index (κ1) is 16.3. The Kier molecular flexibility index (Phi) is 5.80. The quantitative estimate of drug-likeness (QED) is 0.718. The zero-order valence-corrected chi connectivity index (χ0v) is 12.4. The van der Waals surface area contributed by atoms with E-state index < -0.39 is 5.97 Å². The highest BCUT2D eigenvalue weighted by Crippen LogP contribution is 2.32. The van der Waals surface area contributed by atoms with Gasteiger partial charge in [0.1, 0.15) is 5.69 Å². The predicted octanol–water partition coefficient (Wildman–Crippen LogP) is 2.66. The van der Waals surface area contributed by atoms with Crippen LogP contribution < -0.4 is 5.32 Å². The third-order valence-electron chi connectivity index (χ3n) is 3.55. The fraction of sp³-hybridized carbons (Fsp3) is 0.600. The van der Waals surface area contributed by atoms with Gasteiger partial charge in [-0.1, -0.05) is 20.8 Å². The van der Waals surface area contributed by atoms with Crippen molar-refractivity contribution in [3.63, 3.8) is 0 Å². The van der Waals surface area contributed by atoms with Gasteiger partial charge < -0.3 is 15.4 Å². The number of rotatable bonds is 7. The molecule has 112 valence electrons. The largest absolute Gasteiger partial charge is 0.481 e. The van der Waals surface area contributed by atoms with Crippen LogP contribution in [0, 0.1) is 11.3 Å². The minimum atomic E-state index is -0.769. The predicted molar refractivity (Wildman–Crippen MR) is 77.6 cm³/mol. The highest BCUT2D eigenvalue weighted by Gasteiger charge is 2.24. The number of H-pyrrole nitrogens is 1. The molecule has 1 heterocycles. The number of aromatic amines is 1. The van der Waals surface area contributed by atoms with Crippen molar-refractivity contribution in [2.45, 2.75) is 40.0 Å². The lowest BCUT2D eigenvalue weighted by atomic mass is 9.76. The zero-order valence-electron chi connectivity index (χ0n) is 12.4. The lowest BCUT2D eigenvalue weighted by Gasteiger charge is -2.30. The van der Waals surface area contributed by atoms with Crippen molar-refractivity contribution in [1.29, 1.82) is 0 Å². The number of hydrogen-bond donors (Lipinski definition) is 3. The van der Waals surface area contributed by atoms with Crippen molar-refractivity contribution in [2.24, 2.45) is 11.3 Å². The molecule has 1 unspecified atom stereocenters. The molecule has 0 bridgehead atoms. The van der Waals surface area contributed by atoms with Crippen LogP contribution in [0.2, 0.25) is 0 Å². The molecule has 3 N–H and O–H groups in total. The molecule has 0 aliphatic carbocycles. The number of carboxylic acid groups (broad SMARTS) is 1. The van der Waals surface area contributed by atoms with Gasteiger partial charge in [0.25, 0.3) is 5.91 Å². The van der Waals surface area contributed by atoms with Crippen LogP contribution in [0.5, 0.6) is 0 Å². The van der Waals surface area contributed by atoms with Crippen molar-refractivity contribution in [2.75, 3.05) is 6.54 Å². The van der Waals surface area contributed by atoms with E-state index >= 15 is 0 Å². The van der Waals surface area contributed by atoms with Gasteiger partial charge in [-0.25, -0.2) is 0 Å². The number of carbonyl (C=O) groups excluding carboxylic acids is 1. The molecule has 0 aromatic carbocycles. The first-order valence-corrected chi connectivity index (χ1v) is 6.94. The van der Waals surface area contributed by atoms with Gasteiger partial charge in [0.2, 0.25) is 0 Å². The minimum Gasteiger partial charge on any atom is -0.481 e. The van der Waals surface area contributed by atoms with E-state index in [0.717, 1.165) is 6.42 Å². The molecule has 5 nitrogen and oxygen atoms in total. The number of hydrogen-bond acceptors (Lipinski definition) is 2. The van der Waals surface area contributed by atoms with Crippen LogP contribution in [0.1, 0.15) is 50.5 Å². The average Bonchev–Trinajstić information content (AvgIpc) is 2.84. The summed E-state index contributed by atoms with van der Waals surface area (Å²) in [7, 11) is 0. The van der Waals surface area contributed by atoms with Crippen LogP contribution in [0.3, 0.4) is 0 Å². The summed E-state index contributed by atoms with van der Waals surface area (Å²) in [6, 6.07) is 3.50. The van der Waals surface area contributed by atoms with Gasteiger partial charge in [-0.3, -0.25) is 9.59 Å². The molecule has 0 saturated carbocycles. The SMILES string of the molecule is CC(C)(C)C(CCNC(=O)c1ccc[nH]1)CCC(=O)O. The van der Waals surface area contributed by atoms with E-state index in [4.69, 9.17) is 5.11 Å². The number of amides is 1. The summed E-state index contributed by atoms with van der Waals surface area (Å²) < 4.78 is 0. The molecule has 1 aromatic heterocycles. The lowest BCUT2D eigenvalue weighted by Crippen LogP contribution is -2.30. The van der Waals surface area contributed by atoms with Crippen molar-refractivity contribution in [1.82, 2.24) is 10.3 Å². The third-order valence-corrected chi connectivity index (χ3v) is 3.55. The second-order valence-corrected chi connectivity index (χ2v) is 6.12. The highest BCUT2D eigenvalue weighted by molar-refractivity contribution is 5.92. The van der Waals surface area contributed by atoms with Gasteiger partial charge in [0, 0.05) is 19.2 Å². The summed E-state index contributed by atoms with van der Waals surface area (Å²) >= 11 is 0. The van der Waals surface area contributed by atoms with Crippen LogP contribution >= 0.6 is 0 Å². The van der Waals surface area contributed by atoms with E-state index in [1.807, 2.05) is 0 Å². The Morgan fingerprint density at radius 2 is 2.05 bits per heavy atom. The first-order valence-electron chi connectivity index (χ1n) is 6.94. The van der Waals surface area contributed by atoms with E-state index in [1.54, 1.807) is 18.3 Å². The van der Waals surface area contributed by atoms with Gasteiger partial charge in [-0.15, -0.1) is 0 Å². The Morgan fingerprint density at radius 3 is 2.55 bits per heavy atom. The molecule has 0 spiro atoms. The molecule has 0 aliphatic rings. The highest BCUT2D eigenvalue weighted by atomic mass is 16.4. The van der Waals surface area contributed by atoms with E-state index in [-0.39, 0.29) is 23.7 Å². The van der Waals surface area contributed by atoms with Crippen LogP contribution in [-0.4, -0.2) is 28.5 Å². The third kappa shape index (κ3) is 5.47. The molecular weight excluding hydrogens is 256 g/mol. The maximum Gasteiger partial charge on any atom is 0.303 e. The molecule has 1 amide bonds. The fourth-order valence-corrected chi connectivity index (χ4v) is 2.23. The molecule has 0 radical (unpaired) electrons. The molecule has 0 saturated heterocycles. The maximum atomic E-state index is 11.8. The van der Waals surface area contributed by atoms with Gasteiger partial charge >= 0.3 is 5.97 Å². The van der Waals surface area contributed by atoms with Gasteiger partial charge in [0.15, 0.2) is 0 Å². The van der Waals surface area contributed by atoms with Crippen molar-refractivity contribution >= 4 is 11.9 Å². The summed E-state index contributed by atoms with van der Waals surface area (Å²) in [4.78, 5) is 25.3. The smallest absolute Gasteiger partial charge is 0.303 e. The Bertz CT molecular complexity index is 432. The zero-order chi connectivity index (χ0) is 15.2. The number of aromatic nitrogens is 1. The van der Waals surface area contributed by atoms with Crippen molar-refractivity contribution in [3.8, 4) is 0 Å². The monoisotopic (exact) mass is 280 g/mol. The molecular formula is C15H24N2O3. The summed E-state index contributed by atoms with van der Waals surface area (Å²) in [6.45, 7) is 6.87. The first-order chi connectivity index (χ1) is 9.30. The van der Waals surface area contributed by atoms with E-state index in [9.17, 15) is 9.59 Å².